The van der Waals surface area contributed by atoms with E-state index in [1.54, 1.807) is 12.3 Å². The Morgan fingerprint density at radius 3 is 2.59 bits per heavy atom. The number of aromatic amines is 1. The highest BCUT2D eigenvalue weighted by Gasteiger charge is 2.22. The summed E-state index contributed by atoms with van der Waals surface area (Å²) in [5.74, 6) is -1.40. The third-order valence-electron chi connectivity index (χ3n) is 5.50. The van der Waals surface area contributed by atoms with Crippen LogP contribution in [0.1, 0.15) is 44.9 Å². The van der Waals surface area contributed by atoms with E-state index in [4.69, 9.17) is 23.2 Å². The number of hydrogen-bond donors (Lipinski definition) is 3. The number of nitrogens with zero attached hydrogens (tertiary/aromatic N) is 1. The van der Waals surface area contributed by atoms with Gasteiger partial charge in [0.15, 0.2) is 11.6 Å². The molecule has 1 amide bonds. The molecule has 0 saturated carbocycles. The van der Waals surface area contributed by atoms with Gasteiger partial charge in [-0.05, 0) is 68.6 Å². The fourth-order valence-corrected chi connectivity index (χ4v) is 4.12. The Labute approximate surface area is 194 Å². The van der Waals surface area contributed by atoms with Gasteiger partial charge in [-0.1, -0.05) is 23.2 Å². The van der Waals surface area contributed by atoms with Crippen LogP contribution in [-0.2, 0) is 6.42 Å². The van der Waals surface area contributed by atoms with Crippen LogP contribution in [-0.4, -0.2) is 34.7 Å². The number of piperidine rings is 1. The lowest BCUT2D eigenvalue weighted by Crippen LogP contribution is -2.28. The van der Waals surface area contributed by atoms with Crippen molar-refractivity contribution in [2.75, 3.05) is 18.4 Å². The third-order valence-corrected chi connectivity index (χ3v) is 6.11. The Morgan fingerprint density at radius 2 is 1.88 bits per heavy atom. The van der Waals surface area contributed by atoms with Gasteiger partial charge in [0, 0.05) is 17.5 Å². The molecule has 3 aromatic rings. The highest BCUT2D eigenvalue weighted by Crippen LogP contribution is 2.28. The van der Waals surface area contributed by atoms with Crippen LogP contribution >= 0.6 is 23.2 Å². The zero-order valence-electron chi connectivity index (χ0n) is 17.1. The lowest BCUT2D eigenvalue weighted by Gasteiger charge is -2.22. The summed E-state index contributed by atoms with van der Waals surface area (Å²) < 4.78 is 14.3. The van der Waals surface area contributed by atoms with Crippen LogP contribution in [0, 0.1) is 11.7 Å². The van der Waals surface area contributed by atoms with Crippen molar-refractivity contribution in [1.82, 2.24) is 15.3 Å². The Balaban J connectivity index is 1.42. The fourth-order valence-electron chi connectivity index (χ4n) is 3.74. The summed E-state index contributed by atoms with van der Waals surface area (Å²) in [6.45, 7) is 2.07. The number of amides is 1. The molecule has 4 rings (SSSR count). The zero-order valence-corrected chi connectivity index (χ0v) is 18.6. The molecule has 0 aliphatic carbocycles. The van der Waals surface area contributed by atoms with Gasteiger partial charge < -0.3 is 15.6 Å². The molecule has 166 valence electrons. The van der Waals surface area contributed by atoms with Gasteiger partial charge in [-0.3, -0.25) is 14.6 Å². The number of anilines is 1. The molecule has 3 N–H and O–H groups in total. The maximum absolute atomic E-state index is 14.3. The summed E-state index contributed by atoms with van der Waals surface area (Å²) in [7, 11) is 0. The average molecular weight is 475 g/mol. The first-order valence-electron chi connectivity index (χ1n) is 10.3. The van der Waals surface area contributed by atoms with Crippen LogP contribution in [0.3, 0.4) is 0 Å². The second kappa shape index (κ2) is 9.81. The average Bonchev–Trinajstić information content (AvgIpc) is 3.29. The highest BCUT2D eigenvalue weighted by atomic mass is 35.5. The SMILES string of the molecule is O=C(Nc1ccc(CC2CCNCC2)nc1)c1cc(C(=O)c2c(Cl)ccc(Cl)c2F)c[nH]1. The third kappa shape index (κ3) is 5.01. The van der Waals surface area contributed by atoms with Crippen molar-refractivity contribution in [3.63, 3.8) is 0 Å². The van der Waals surface area contributed by atoms with Crippen LogP contribution < -0.4 is 10.6 Å². The number of carbonyl (C=O) groups excluding carboxylic acids is 2. The summed E-state index contributed by atoms with van der Waals surface area (Å²) >= 11 is 11.7. The maximum atomic E-state index is 14.3. The number of H-pyrrole nitrogens is 1. The largest absolute Gasteiger partial charge is 0.356 e. The van der Waals surface area contributed by atoms with Gasteiger partial charge >= 0.3 is 0 Å². The van der Waals surface area contributed by atoms with Crippen LogP contribution in [0.15, 0.2) is 42.7 Å². The fraction of sp³-hybridized carbons (Fsp3) is 0.261. The number of ketones is 1. The number of nitrogens with one attached hydrogen (secondary N) is 3. The van der Waals surface area contributed by atoms with E-state index in [1.165, 1.54) is 24.4 Å². The number of hydrogen-bond acceptors (Lipinski definition) is 4. The number of carbonyl (C=O) groups is 2. The van der Waals surface area contributed by atoms with Crippen LogP contribution in [0.5, 0.6) is 0 Å². The van der Waals surface area contributed by atoms with Crippen molar-refractivity contribution in [2.45, 2.75) is 19.3 Å². The second-order valence-electron chi connectivity index (χ2n) is 7.74. The number of aromatic nitrogens is 2. The molecule has 1 aromatic carbocycles. The molecule has 0 atom stereocenters. The van der Waals surface area contributed by atoms with Crippen molar-refractivity contribution in [3.8, 4) is 0 Å². The number of pyridine rings is 1. The van der Waals surface area contributed by atoms with Crippen molar-refractivity contribution < 1.29 is 14.0 Å². The molecule has 0 unspecified atom stereocenters. The second-order valence-corrected chi connectivity index (χ2v) is 8.55. The lowest BCUT2D eigenvalue weighted by atomic mass is 9.93. The number of halogens is 3. The minimum Gasteiger partial charge on any atom is -0.356 e. The van der Waals surface area contributed by atoms with Crippen LogP contribution in [0.4, 0.5) is 10.1 Å². The van der Waals surface area contributed by atoms with E-state index in [2.05, 4.69) is 20.6 Å². The predicted octanol–water partition coefficient (Wildman–Crippen LogP) is 4.88. The minimum atomic E-state index is -0.896. The molecule has 1 aliphatic rings. The Bertz CT molecular complexity index is 1140. The summed E-state index contributed by atoms with van der Waals surface area (Å²) in [5.41, 5.74) is 1.43. The number of rotatable bonds is 6. The standard InChI is InChI=1S/C23H21Cl2FN4O2/c24-17-3-4-18(25)21(26)20(17)22(31)14-10-19(29-11-14)23(32)30-16-2-1-15(28-12-16)9-13-5-7-27-8-6-13/h1-4,10-13,27,29H,5-9H2,(H,30,32). The molecule has 32 heavy (non-hydrogen) atoms. The molecule has 2 aromatic heterocycles. The molecule has 0 bridgehead atoms. The van der Waals surface area contributed by atoms with Gasteiger partial charge in [0.2, 0.25) is 0 Å². The van der Waals surface area contributed by atoms with E-state index >= 15 is 0 Å². The molecule has 1 aliphatic heterocycles. The monoisotopic (exact) mass is 474 g/mol. The summed E-state index contributed by atoms with van der Waals surface area (Å²) in [4.78, 5) is 32.4. The molecule has 0 spiro atoms. The van der Waals surface area contributed by atoms with Gasteiger partial charge in [0.1, 0.15) is 5.69 Å². The Hall–Kier alpha value is -2.74. The minimum absolute atomic E-state index is 0.0558. The first-order valence-corrected chi connectivity index (χ1v) is 11.0. The van der Waals surface area contributed by atoms with Gasteiger partial charge in [-0.25, -0.2) is 4.39 Å². The summed E-state index contributed by atoms with van der Waals surface area (Å²) in [6.07, 6.45) is 6.13. The van der Waals surface area contributed by atoms with E-state index in [0.717, 1.165) is 38.0 Å². The molecular weight excluding hydrogens is 454 g/mol. The van der Waals surface area contributed by atoms with Gasteiger partial charge in [-0.15, -0.1) is 0 Å². The van der Waals surface area contributed by atoms with Crippen LogP contribution in [0.2, 0.25) is 10.0 Å². The maximum Gasteiger partial charge on any atom is 0.272 e. The first-order chi connectivity index (χ1) is 15.4. The smallest absolute Gasteiger partial charge is 0.272 e. The van der Waals surface area contributed by atoms with Crippen molar-refractivity contribution >= 4 is 40.6 Å². The number of benzene rings is 1. The predicted molar refractivity (Wildman–Crippen MR) is 122 cm³/mol. The lowest BCUT2D eigenvalue weighted by molar-refractivity contribution is 0.102. The normalized spacial score (nSPS) is 14.3. The van der Waals surface area contributed by atoms with Crippen molar-refractivity contribution in [1.29, 1.82) is 0 Å². The van der Waals surface area contributed by atoms with Gasteiger partial charge in [-0.2, -0.15) is 0 Å². The first kappa shape index (κ1) is 22.5. The molecular formula is C23H21Cl2FN4O2. The molecule has 1 fully saturated rings. The van der Waals surface area contributed by atoms with Crippen molar-refractivity contribution in [3.05, 3.63) is 81.1 Å². The van der Waals surface area contributed by atoms with E-state index in [0.29, 0.717) is 11.6 Å². The molecule has 6 nitrogen and oxygen atoms in total. The summed E-state index contributed by atoms with van der Waals surface area (Å²) in [6, 6.07) is 7.68. The quantitative estimate of drug-likeness (QED) is 0.350. The van der Waals surface area contributed by atoms with E-state index in [1.807, 2.05) is 6.07 Å². The van der Waals surface area contributed by atoms with Gasteiger partial charge in [0.05, 0.1) is 27.5 Å². The Kier molecular flexibility index (Phi) is 6.89. The molecule has 1 saturated heterocycles. The molecule has 9 heteroatoms. The summed E-state index contributed by atoms with van der Waals surface area (Å²) in [5, 5.41) is 5.83. The Morgan fingerprint density at radius 1 is 1.12 bits per heavy atom. The molecule has 3 heterocycles. The van der Waals surface area contributed by atoms with E-state index in [9.17, 15) is 14.0 Å². The molecule has 0 radical (unpaired) electrons. The van der Waals surface area contributed by atoms with Crippen molar-refractivity contribution in [2.24, 2.45) is 5.92 Å². The highest BCUT2D eigenvalue weighted by molar-refractivity contribution is 6.37. The zero-order chi connectivity index (χ0) is 22.7. The topological polar surface area (TPSA) is 86.9 Å². The van der Waals surface area contributed by atoms with Crippen LogP contribution in [0.25, 0.3) is 0 Å². The van der Waals surface area contributed by atoms with Gasteiger partial charge in [0.25, 0.3) is 5.91 Å². The van der Waals surface area contributed by atoms with E-state index < -0.39 is 17.5 Å². The van der Waals surface area contributed by atoms with E-state index in [-0.39, 0.29) is 26.9 Å².